The van der Waals surface area contributed by atoms with E-state index in [1.54, 1.807) is 18.3 Å². The molecular formula is C24H18ClF4N7O. The second-order valence-corrected chi connectivity index (χ2v) is 9.47. The minimum absolute atomic E-state index is 0.00453. The molecule has 0 aliphatic heterocycles. The van der Waals surface area contributed by atoms with Gasteiger partial charge in [0.1, 0.15) is 16.9 Å². The number of hydrogen-bond acceptors (Lipinski definition) is 5. The Labute approximate surface area is 211 Å². The molecular weight excluding hydrogens is 514 g/mol. The number of carbonyl (C=O) groups is 1. The maximum Gasteiger partial charge on any atom is 0.433 e. The summed E-state index contributed by atoms with van der Waals surface area (Å²) in [7, 11) is 0. The molecule has 0 atom stereocenters. The lowest BCUT2D eigenvalue weighted by Gasteiger charge is -2.11. The number of rotatable bonds is 7. The van der Waals surface area contributed by atoms with Gasteiger partial charge in [-0.25, -0.2) is 18.6 Å². The van der Waals surface area contributed by atoms with E-state index in [-0.39, 0.29) is 47.3 Å². The van der Waals surface area contributed by atoms with Crippen LogP contribution in [-0.4, -0.2) is 39.8 Å². The predicted octanol–water partition coefficient (Wildman–Crippen LogP) is 5.13. The molecule has 5 aromatic heterocycles. The Hall–Kier alpha value is -3.80. The fourth-order valence-electron chi connectivity index (χ4n) is 4.40. The number of halogens is 5. The second kappa shape index (κ2) is 8.65. The number of pyridine rings is 2. The second-order valence-electron chi connectivity index (χ2n) is 9.07. The van der Waals surface area contributed by atoms with E-state index >= 15 is 0 Å². The van der Waals surface area contributed by atoms with Crippen LogP contribution in [0.25, 0.3) is 11.0 Å². The van der Waals surface area contributed by atoms with Gasteiger partial charge in [0.05, 0.1) is 41.0 Å². The highest BCUT2D eigenvalue weighted by Crippen LogP contribution is 2.42. The van der Waals surface area contributed by atoms with E-state index in [1.807, 2.05) is 0 Å². The maximum absolute atomic E-state index is 14.4. The van der Waals surface area contributed by atoms with Crippen LogP contribution in [-0.2, 0) is 19.1 Å². The van der Waals surface area contributed by atoms with Crippen LogP contribution in [0.1, 0.15) is 58.3 Å². The van der Waals surface area contributed by atoms with Gasteiger partial charge in [-0.3, -0.25) is 4.79 Å². The van der Waals surface area contributed by atoms with E-state index in [2.05, 4.69) is 20.4 Å². The number of carbonyl (C=O) groups excluding carboxylic acids is 1. The van der Waals surface area contributed by atoms with Crippen molar-refractivity contribution in [3.63, 3.8) is 0 Å². The third-order valence-electron chi connectivity index (χ3n) is 6.38. The molecule has 0 radical (unpaired) electrons. The van der Waals surface area contributed by atoms with Crippen LogP contribution in [0.4, 0.5) is 17.6 Å². The largest absolute Gasteiger partial charge is 0.433 e. The lowest BCUT2D eigenvalue weighted by molar-refractivity contribution is -0.142. The summed E-state index contributed by atoms with van der Waals surface area (Å²) in [6, 6.07) is 5.89. The summed E-state index contributed by atoms with van der Waals surface area (Å²) >= 11 is 5.86. The predicted molar refractivity (Wildman–Crippen MR) is 124 cm³/mol. The van der Waals surface area contributed by atoms with Gasteiger partial charge >= 0.3 is 6.18 Å². The number of imidazole rings is 1. The lowest BCUT2D eigenvalue weighted by atomic mass is 10.1. The first-order valence-electron chi connectivity index (χ1n) is 11.5. The van der Waals surface area contributed by atoms with E-state index in [0.29, 0.717) is 22.5 Å². The van der Waals surface area contributed by atoms with Crippen molar-refractivity contribution in [3.05, 3.63) is 82.2 Å². The van der Waals surface area contributed by atoms with Gasteiger partial charge in [0.15, 0.2) is 11.6 Å². The summed E-state index contributed by atoms with van der Waals surface area (Å²) in [5.74, 6) is -0.791. The molecule has 13 heteroatoms. The molecule has 0 spiro atoms. The van der Waals surface area contributed by atoms with Gasteiger partial charge in [-0.1, -0.05) is 16.8 Å². The number of Topliss-reactive ketones (excluding diaryl/α,β-unsaturated/α-hetero) is 1. The van der Waals surface area contributed by atoms with E-state index in [1.165, 1.54) is 27.7 Å². The SMILES string of the molecule is O=C(CCc1ncn2ccc(Cl)c(F)c12)c1cn(Cc2cc3cc(C4CC4)cc(C(F)(F)F)n3n2)nn1. The van der Waals surface area contributed by atoms with Crippen LogP contribution in [0.5, 0.6) is 0 Å². The molecule has 1 fully saturated rings. The molecule has 5 heterocycles. The van der Waals surface area contributed by atoms with Crippen LogP contribution >= 0.6 is 11.6 Å². The Morgan fingerprint density at radius 2 is 2.00 bits per heavy atom. The van der Waals surface area contributed by atoms with Gasteiger partial charge in [-0.2, -0.15) is 18.3 Å². The van der Waals surface area contributed by atoms with E-state index in [9.17, 15) is 22.4 Å². The summed E-state index contributed by atoms with van der Waals surface area (Å²) < 4.78 is 59.1. The van der Waals surface area contributed by atoms with Gasteiger partial charge in [0, 0.05) is 12.6 Å². The summed E-state index contributed by atoms with van der Waals surface area (Å²) in [4.78, 5) is 16.9. The molecule has 0 saturated heterocycles. The zero-order valence-electron chi connectivity index (χ0n) is 19.1. The molecule has 0 N–H and O–H groups in total. The maximum atomic E-state index is 14.4. The summed E-state index contributed by atoms with van der Waals surface area (Å²) in [6.45, 7) is 0.0351. The monoisotopic (exact) mass is 531 g/mol. The number of aromatic nitrogens is 7. The van der Waals surface area contributed by atoms with Crippen molar-refractivity contribution in [2.75, 3.05) is 0 Å². The number of hydrogen-bond donors (Lipinski definition) is 0. The Balaban J connectivity index is 1.19. The fourth-order valence-corrected chi connectivity index (χ4v) is 4.55. The van der Waals surface area contributed by atoms with Crippen LogP contribution in [0.2, 0.25) is 5.02 Å². The molecule has 5 aromatic rings. The molecule has 0 amide bonds. The minimum atomic E-state index is -4.55. The molecule has 1 aliphatic carbocycles. The van der Waals surface area contributed by atoms with Crippen molar-refractivity contribution in [3.8, 4) is 0 Å². The first-order chi connectivity index (χ1) is 17.7. The Morgan fingerprint density at radius 3 is 2.76 bits per heavy atom. The topological polar surface area (TPSA) is 82.4 Å². The number of ketones is 1. The van der Waals surface area contributed by atoms with E-state index in [4.69, 9.17) is 11.6 Å². The molecule has 6 rings (SSSR count). The van der Waals surface area contributed by atoms with Crippen LogP contribution in [0.15, 0.2) is 43.0 Å². The van der Waals surface area contributed by atoms with Crippen molar-refractivity contribution in [1.29, 1.82) is 0 Å². The van der Waals surface area contributed by atoms with Crippen molar-refractivity contribution in [2.45, 2.75) is 44.3 Å². The third kappa shape index (κ3) is 4.45. The first kappa shape index (κ1) is 23.6. The van der Waals surface area contributed by atoms with Crippen molar-refractivity contribution >= 4 is 28.4 Å². The summed E-state index contributed by atoms with van der Waals surface area (Å²) in [6.07, 6.45) is 1.81. The van der Waals surface area contributed by atoms with Gasteiger partial charge in [0.25, 0.3) is 0 Å². The van der Waals surface area contributed by atoms with Gasteiger partial charge in [0.2, 0.25) is 0 Å². The summed E-state index contributed by atoms with van der Waals surface area (Å²) in [5.41, 5.74) is 1.21. The van der Waals surface area contributed by atoms with E-state index in [0.717, 1.165) is 23.4 Å². The van der Waals surface area contributed by atoms with Crippen molar-refractivity contribution < 1.29 is 22.4 Å². The summed E-state index contributed by atoms with van der Waals surface area (Å²) in [5, 5.41) is 11.9. The molecule has 190 valence electrons. The van der Waals surface area contributed by atoms with Gasteiger partial charge in [-0.15, -0.1) is 5.10 Å². The standard InChI is InChI=1S/C24H18ClF4N7O/c25-17-5-6-34-12-30-18(23(34)22(17)26)3-4-20(37)19-11-35(33-31-19)10-15-9-16-7-14(13-1-2-13)8-21(24(27,28)29)36(16)32-15/h5-9,11-13H,1-4,10H2. The average molecular weight is 532 g/mol. The number of fused-ring (bicyclic) bond motifs is 2. The normalized spacial score (nSPS) is 14.2. The van der Waals surface area contributed by atoms with Crippen LogP contribution in [0, 0.1) is 5.82 Å². The van der Waals surface area contributed by atoms with Crippen molar-refractivity contribution in [2.24, 2.45) is 0 Å². The van der Waals surface area contributed by atoms with Gasteiger partial charge in [-0.05, 0) is 55.0 Å². The zero-order valence-corrected chi connectivity index (χ0v) is 19.8. The highest BCUT2D eigenvalue weighted by atomic mass is 35.5. The highest BCUT2D eigenvalue weighted by molar-refractivity contribution is 6.31. The van der Waals surface area contributed by atoms with Crippen molar-refractivity contribution in [1.82, 2.24) is 34.0 Å². The Morgan fingerprint density at radius 1 is 1.19 bits per heavy atom. The molecule has 0 bridgehead atoms. The number of aryl methyl sites for hydroxylation is 1. The third-order valence-corrected chi connectivity index (χ3v) is 6.67. The minimum Gasteiger partial charge on any atom is -0.303 e. The molecule has 1 aliphatic rings. The van der Waals surface area contributed by atoms with Gasteiger partial charge < -0.3 is 4.40 Å². The smallest absolute Gasteiger partial charge is 0.303 e. The van der Waals surface area contributed by atoms with Crippen LogP contribution < -0.4 is 0 Å². The fraction of sp³-hybridized carbons (Fsp3) is 0.292. The van der Waals surface area contributed by atoms with E-state index < -0.39 is 17.7 Å². The number of alkyl halides is 3. The van der Waals surface area contributed by atoms with Crippen LogP contribution in [0.3, 0.4) is 0 Å². The molecule has 0 aromatic carbocycles. The molecule has 0 unspecified atom stereocenters. The Kier molecular flexibility index (Phi) is 5.51. The molecule has 8 nitrogen and oxygen atoms in total. The number of nitrogens with zero attached hydrogens (tertiary/aromatic N) is 7. The lowest BCUT2D eigenvalue weighted by Crippen LogP contribution is -2.13. The zero-order chi connectivity index (χ0) is 25.9. The molecule has 1 saturated carbocycles. The quantitative estimate of drug-likeness (QED) is 0.215. The average Bonchev–Trinajstić information content (AvgIpc) is 3.26. The highest BCUT2D eigenvalue weighted by Gasteiger charge is 2.36. The Bertz CT molecular complexity index is 1670. The first-order valence-corrected chi connectivity index (χ1v) is 11.9. The molecule has 37 heavy (non-hydrogen) atoms.